The zero-order chi connectivity index (χ0) is 21.7. The Balaban J connectivity index is 0.00000450. The summed E-state index contributed by atoms with van der Waals surface area (Å²) in [5, 5.41) is 19.2. The van der Waals surface area contributed by atoms with Crippen LogP contribution in [0, 0.1) is 0 Å². The molecule has 0 radical (unpaired) electrons. The van der Waals surface area contributed by atoms with Crippen LogP contribution in [-0.2, 0) is 25.7 Å². The van der Waals surface area contributed by atoms with Crippen molar-refractivity contribution in [3.8, 4) is 11.5 Å². The number of aromatic hydroxyl groups is 2. The molecular formula is C19H22Na2O8S2. The molecule has 0 heterocycles. The van der Waals surface area contributed by atoms with Gasteiger partial charge >= 0.3 is 59.1 Å². The van der Waals surface area contributed by atoms with Gasteiger partial charge in [0, 0.05) is 16.9 Å². The van der Waals surface area contributed by atoms with Gasteiger partial charge in [-0.05, 0) is 61.1 Å². The molecule has 8 nitrogen and oxygen atoms in total. The van der Waals surface area contributed by atoms with E-state index in [1.165, 1.54) is 24.3 Å². The molecule has 0 unspecified atom stereocenters. The number of rotatable bonds is 10. The normalized spacial score (nSPS) is 11.9. The molecule has 0 fully saturated rings. The number of hydrogen-bond acceptors (Lipinski definition) is 8. The van der Waals surface area contributed by atoms with Crippen molar-refractivity contribution in [3.05, 3.63) is 59.7 Å². The third kappa shape index (κ3) is 10.1. The van der Waals surface area contributed by atoms with Crippen LogP contribution in [-0.4, -0.2) is 47.7 Å². The van der Waals surface area contributed by atoms with Gasteiger partial charge < -0.3 is 19.3 Å². The quantitative estimate of drug-likeness (QED) is 0.254. The molecule has 0 aliphatic carbocycles. The summed E-state index contributed by atoms with van der Waals surface area (Å²) in [6.45, 7) is 0. The number of phenolic OH excluding ortho intramolecular Hbond substituents is 2. The van der Waals surface area contributed by atoms with Crippen molar-refractivity contribution < 1.29 is 95.3 Å². The third-order valence-electron chi connectivity index (χ3n) is 4.84. The summed E-state index contributed by atoms with van der Waals surface area (Å²) in [7, 11) is -8.89. The average Bonchev–Trinajstić information content (AvgIpc) is 2.60. The maximum atomic E-state index is 11.1. The van der Waals surface area contributed by atoms with E-state index < -0.39 is 37.2 Å². The van der Waals surface area contributed by atoms with E-state index in [-0.39, 0.29) is 96.3 Å². The molecule has 160 valence electrons. The molecule has 0 saturated heterocycles. The molecule has 2 N–H and O–H groups in total. The number of benzene rings is 2. The van der Waals surface area contributed by atoms with Crippen molar-refractivity contribution in [2.75, 3.05) is 11.5 Å². The standard InChI is InChI=1S/C19H24O8S2.2Na/c20-17-7-3-15(4-8-17)19(11-1-13-28(22,23)24,12-2-14-29(25,26)27)16-5-9-18(21)10-6-16;;/h3-10,20-21H,1-2,11-14H2,(H,22,23,24)(H,25,26,27);;/q;2*+1/p-2. The van der Waals surface area contributed by atoms with Crippen LogP contribution in [0.15, 0.2) is 48.5 Å². The largest absolute Gasteiger partial charge is 1.00 e. The number of phenols is 2. The summed E-state index contributed by atoms with van der Waals surface area (Å²) in [6.07, 6.45) is 0.390. The van der Waals surface area contributed by atoms with E-state index in [1.54, 1.807) is 24.3 Å². The fourth-order valence-corrected chi connectivity index (χ4v) is 4.53. The van der Waals surface area contributed by atoms with Crippen molar-refractivity contribution in [1.82, 2.24) is 0 Å². The van der Waals surface area contributed by atoms with Crippen molar-refractivity contribution in [3.63, 3.8) is 0 Å². The van der Waals surface area contributed by atoms with E-state index in [0.29, 0.717) is 11.1 Å². The van der Waals surface area contributed by atoms with Crippen LogP contribution in [0.2, 0.25) is 0 Å². The van der Waals surface area contributed by atoms with Gasteiger partial charge in [0.1, 0.15) is 11.5 Å². The summed E-state index contributed by atoms with van der Waals surface area (Å²) in [4.78, 5) is 0. The molecule has 0 aliphatic heterocycles. The SMILES string of the molecule is O=S(=O)([O-])CCCC(CCCS(=O)(=O)[O-])(c1ccc(O)cc1)c1ccc(O)cc1.[Na+].[Na+]. The Kier molecular flexibility index (Phi) is 12.9. The van der Waals surface area contributed by atoms with Crippen molar-refractivity contribution in [1.29, 1.82) is 0 Å². The van der Waals surface area contributed by atoms with E-state index in [0.717, 1.165) is 0 Å². The van der Waals surface area contributed by atoms with Crippen LogP contribution < -0.4 is 59.1 Å². The molecule has 0 aromatic heterocycles. The van der Waals surface area contributed by atoms with E-state index >= 15 is 0 Å². The van der Waals surface area contributed by atoms with Gasteiger partial charge in [0.2, 0.25) is 0 Å². The van der Waals surface area contributed by atoms with Crippen LogP contribution in [0.25, 0.3) is 0 Å². The first-order valence-electron chi connectivity index (χ1n) is 8.87. The Morgan fingerprint density at radius 3 is 1.19 bits per heavy atom. The minimum Gasteiger partial charge on any atom is -0.748 e. The molecule has 0 amide bonds. The zero-order valence-electron chi connectivity index (χ0n) is 17.5. The van der Waals surface area contributed by atoms with Gasteiger partial charge in [-0.25, -0.2) is 16.8 Å². The Bertz CT molecular complexity index is 936. The number of hydrogen-bond donors (Lipinski definition) is 2. The summed E-state index contributed by atoms with van der Waals surface area (Å²) >= 11 is 0. The molecule has 0 bridgehead atoms. The Morgan fingerprint density at radius 1 is 0.645 bits per heavy atom. The van der Waals surface area contributed by atoms with Gasteiger partial charge in [-0.1, -0.05) is 24.3 Å². The average molecular weight is 488 g/mol. The van der Waals surface area contributed by atoms with E-state index in [1.807, 2.05) is 0 Å². The molecule has 2 aromatic carbocycles. The van der Waals surface area contributed by atoms with Gasteiger partial charge in [0.05, 0.1) is 20.2 Å². The molecular weight excluding hydrogens is 466 g/mol. The van der Waals surface area contributed by atoms with E-state index in [2.05, 4.69) is 0 Å². The first kappa shape index (κ1) is 30.9. The van der Waals surface area contributed by atoms with Gasteiger partial charge in [0.25, 0.3) is 0 Å². The summed E-state index contributed by atoms with van der Waals surface area (Å²) in [5.74, 6) is -1.16. The fourth-order valence-electron chi connectivity index (χ4n) is 3.53. The van der Waals surface area contributed by atoms with Crippen LogP contribution in [0.3, 0.4) is 0 Å². The van der Waals surface area contributed by atoms with Crippen LogP contribution in [0.5, 0.6) is 11.5 Å². The summed E-state index contributed by atoms with van der Waals surface area (Å²) in [5.41, 5.74) is 0.400. The van der Waals surface area contributed by atoms with E-state index in [9.17, 15) is 36.2 Å². The van der Waals surface area contributed by atoms with Gasteiger partial charge in [0.15, 0.2) is 0 Å². The summed E-state index contributed by atoms with van der Waals surface area (Å²) in [6, 6.07) is 12.3. The topological polar surface area (TPSA) is 155 Å². The molecule has 31 heavy (non-hydrogen) atoms. The first-order chi connectivity index (χ1) is 13.4. The van der Waals surface area contributed by atoms with Crippen LogP contribution >= 0.6 is 0 Å². The molecule has 2 rings (SSSR count). The van der Waals surface area contributed by atoms with Gasteiger partial charge in [-0.2, -0.15) is 0 Å². The third-order valence-corrected chi connectivity index (χ3v) is 6.41. The Morgan fingerprint density at radius 2 is 0.935 bits per heavy atom. The van der Waals surface area contributed by atoms with Gasteiger partial charge in [-0.15, -0.1) is 0 Å². The monoisotopic (exact) mass is 488 g/mol. The second kappa shape index (κ2) is 12.9. The van der Waals surface area contributed by atoms with Crippen LogP contribution in [0.1, 0.15) is 36.8 Å². The molecule has 0 saturated carbocycles. The minimum absolute atomic E-state index is 0. The molecule has 12 heteroatoms. The van der Waals surface area contributed by atoms with Crippen molar-refractivity contribution >= 4 is 20.2 Å². The summed E-state index contributed by atoms with van der Waals surface area (Å²) < 4.78 is 66.5. The minimum atomic E-state index is -4.44. The molecule has 0 atom stereocenters. The second-order valence-electron chi connectivity index (χ2n) is 6.91. The molecule has 0 aliphatic rings. The predicted molar refractivity (Wildman–Crippen MR) is 105 cm³/mol. The van der Waals surface area contributed by atoms with Gasteiger partial charge in [-0.3, -0.25) is 0 Å². The van der Waals surface area contributed by atoms with E-state index in [4.69, 9.17) is 0 Å². The zero-order valence-corrected chi connectivity index (χ0v) is 23.2. The predicted octanol–water partition coefficient (Wildman–Crippen LogP) is -3.96. The Labute approximate surface area is 227 Å². The Hall–Kier alpha value is -0.140. The van der Waals surface area contributed by atoms with Crippen molar-refractivity contribution in [2.24, 2.45) is 0 Å². The molecule has 0 spiro atoms. The van der Waals surface area contributed by atoms with Crippen LogP contribution in [0.4, 0.5) is 0 Å². The molecule has 2 aromatic rings. The first-order valence-corrected chi connectivity index (χ1v) is 12.0. The van der Waals surface area contributed by atoms with Crippen molar-refractivity contribution in [2.45, 2.75) is 31.1 Å². The fraction of sp³-hybridized carbons (Fsp3) is 0.368. The smallest absolute Gasteiger partial charge is 0.748 e. The second-order valence-corrected chi connectivity index (χ2v) is 9.95. The maximum absolute atomic E-state index is 11.1. The maximum Gasteiger partial charge on any atom is 1.00 e.